The third-order valence-electron chi connectivity index (χ3n) is 1.90. The molecule has 0 heterocycles. The molecular formula is C8H12O3. The number of carbonyl (C=O) groups is 1. The van der Waals surface area contributed by atoms with Gasteiger partial charge < -0.3 is 9.84 Å². The highest BCUT2D eigenvalue weighted by Gasteiger charge is 2.25. The van der Waals surface area contributed by atoms with E-state index in [-0.39, 0.29) is 5.92 Å². The van der Waals surface area contributed by atoms with Crippen molar-refractivity contribution in [1.82, 2.24) is 0 Å². The number of ether oxygens (including phenoxy) is 1. The predicted octanol–water partition coefficient (Wildman–Crippen LogP) is 0.486. The fourth-order valence-electron chi connectivity index (χ4n) is 1.21. The monoisotopic (exact) mass is 156 g/mol. The van der Waals surface area contributed by atoms with Gasteiger partial charge in [-0.1, -0.05) is 12.2 Å². The van der Waals surface area contributed by atoms with Crippen LogP contribution in [0.25, 0.3) is 0 Å². The molecular weight excluding hydrogens is 144 g/mol. The summed E-state index contributed by atoms with van der Waals surface area (Å²) in [7, 11) is 1.28. The number of aliphatic hydroxyl groups is 1. The van der Waals surface area contributed by atoms with Crippen molar-refractivity contribution in [3.63, 3.8) is 0 Å². The first kappa shape index (κ1) is 8.27. The molecule has 0 spiro atoms. The lowest BCUT2D eigenvalue weighted by atomic mass is 10.0. The van der Waals surface area contributed by atoms with E-state index in [1.807, 2.05) is 12.2 Å². The Morgan fingerprint density at radius 2 is 2.55 bits per heavy atom. The number of carbonyl (C=O) groups excluding carboxylic acids is 1. The number of aliphatic hydroxyl groups excluding tert-OH is 1. The second kappa shape index (κ2) is 3.53. The van der Waals surface area contributed by atoms with Gasteiger partial charge in [0.15, 0.2) is 6.10 Å². The van der Waals surface area contributed by atoms with Gasteiger partial charge in [0.25, 0.3) is 0 Å². The molecule has 0 bridgehead atoms. The van der Waals surface area contributed by atoms with Crippen LogP contribution < -0.4 is 0 Å². The summed E-state index contributed by atoms with van der Waals surface area (Å²) < 4.78 is 4.40. The Bertz CT molecular complexity index is 174. The van der Waals surface area contributed by atoms with Gasteiger partial charge in [-0.15, -0.1) is 0 Å². The lowest BCUT2D eigenvalue weighted by Gasteiger charge is -2.12. The number of methoxy groups -OCH3 is 1. The molecule has 2 atom stereocenters. The zero-order valence-corrected chi connectivity index (χ0v) is 6.49. The second-order valence-electron chi connectivity index (χ2n) is 2.64. The molecule has 1 unspecified atom stereocenters. The summed E-state index contributed by atoms with van der Waals surface area (Å²) >= 11 is 0. The zero-order chi connectivity index (χ0) is 8.27. The van der Waals surface area contributed by atoms with E-state index in [1.54, 1.807) is 0 Å². The maximum absolute atomic E-state index is 10.8. The highest BCUT2D eigenvalue weighted by molar-refractivity contribution is 5.74. The largest absolute Gasteiger partial charge is 0.467 e. The van der Waals surface area contributed by atoms with E-state index in [0.717, 1.165) is 12.8 Å². The highest BCUT2D eigenvalue weighted by Crippen LogP contribution is 2.20. The first-order valence-corrected chi connectivity index (χ1v) is 3.68. The second-order valence-corrected chi connectivity index (χ2v) is 2.64. The fraction of sp³-hybridized carbons (Fsp3) is 0.625. The Balaban J connectivity index is 2.46. The van der Waals surface area contributed by atoms with Gasteiger partial charge in [-0.25, -0.2) is 4.79 Å². The quantitative estimate of drug-likeness (QED) is 0.467. The third kappa shape index (κ3) is 1.80. The molecule has 3 nitrogen and oxygen atoms in total. The van der Waals surface area contributed by atoms with Crippen molar-refractivity contribution in [2.45, 2.75) is 18.9 Å². The van der Waals surface area contributed by atoms with Crippen LogP contribution in [0.2, 0.25) is 0 Å². The Hall–Kier alpha value is -0.830. The van der Waals surface area contributed by atoms with Gasteiger partial charge in [0, 0.05) is 5.92 Å². The highest BCUT2D eigenvalue weighted by atomic mass is 16.5. The van der Waals surface area contributed by atoms with Crippen LogP contribution in [0, 0.1) is 5.92 Å². The van der Waals surface area contributed by atoms with Gasteiger partial charge in [0.1, 0.15) is 0 Å². The predicted molar refractivity (Wildman–Crippen MR) is 39.9 cm³/mol. The minimum atomic E-state index is -0.973. The van der Waals surface area contributed by atoms with Crippen LogP contribution in [-0.2, 0) is 9.53 Å². The standard InChI is InChI=1S/C8H12O3/c1-11-8(10)7(9)6-4-2-3-5-6/h2,4,6-7,9H,3,5H2,1H3/t6?,7-/m1/s1. The Morgan fingerprint density at radius 3 is 3.00 bits per heavy atom. The number of esters is 1. The Kier molecular flexibility index (Phi) is 2.65. The van der Waals surface area contributed by atoms with E-state index in [1.165, 1.54) is 7.11 Å². The molecule has 0 aromatic rings. The van der Waals surface area contributed by atoms with E-state index in [2.05, 4.69) is 4.74 Å². The summed E-state index contributed by atoms with van der Waals surface area (Å²) in [5, 5.41) is 9.29. The molecule has 0 fully saturated rings. The van der Waals surface area contributed by atoms with Crippen LogP contribution in [0.5, 0.6) is 0 Å². The summed E-state index contributed by atoms with van der Waals surface area (Å²) in [5.41, 5.74) is 0. The van der Waals surface area contributed by atoms with E-state index in [9.17, 15) is 9.90 Å². The maximum Gasteiger partial charge on any atom is 0.335 e. The molecule has 11 heavy (non-hydrogen) atoms. The van der Waals surface area contributed by atoms with Crippen LogP contribution in [-0.4, -0.2) is 24.3 Å². The van der Waals surface area contributed by atoms with Crippen molar-refractivity contribution in [3.8, 4) is 0 Å². The van der Waals surface area contributed by atoms with Gasteiger partial charge in [0.05, 0.1) is 7.11 Å². The molecule has 1 N–H and O–H groups in total. The summed E-state index contributed by atoms with van der Waals surface area (Å²) in [6, 6.07) is 0. The number of allylic oxidation sites excluding steroid dienone is 1. The molecule has 1 aliphatic carbocycles. The van der Waals surface area contributed by atoms with Crippen LogP contribution in [0.15, 0.2) is 12.2 Å². The molecule has 0 amide bonds. The summed E-state index contributed by atoms with van der Waals surface area (Å²) in [5.74, 6) is -0.580. The molecule has 3 heteroatoms. The first-order valence-electron chi connectivity index (χ1n) is 3.68. The zero-order valence-electron chi connectivity index (χ0n) is 6.49. The maximum atomic E-state index is 10.8. The molecule has 1 rings (SSSR count). The van der Waals surface area contributed by atoms with Crippen LogP contribution in [0.1, 0.15) is 12.8 Å². The molecule has 0 aromatic heterocycles. The molecule has 0 radical (unpaired) electrons. The van der Waals surface area contributed by atoms with Gasteiger partial charge in [0.2, 0.25) is 0 Å². The van der Waals surface area contributed by atoms with Crippen LogP contribution in [0.4, 0.5) is 0 Å². The van der Waals surface area contributed by atoms with Crippen LogP contribution >= 0.6 is 0 Å². The molecule has 0 saturated carbocycles. The summed E-state index contributed by atoms with van der Waals surface area (Å²) in [6.45, 7) is 0. The van der Waals surface area contributed by atoms with E-state index in [4.69, 9.17) is 0 Å². The molecule has 0 aliphatic heterocycles. The number of rotatable bonds is 2. The van der Waals surface area contributed by atoms with Crippen molar-refractivity contribution in [2.75, 3.05) is 7.11 Å². The van der Waals surface area contributed by atoms with Gasteiger partial charge in [-0.3, -0.25) is 0 Å². The average molecular weight is 156 g/mol. The average Bonchev–Trinajstić information content (AvgIpc) is 2.53. The normalized spacial score (nSPS) is 25.1. The smallest absolute Gasteiger partial charge is 0.335 e. The Morgan fingerprint density at radius 1 is 1.82 bits per heavy atom. The van der Waals surface area contributed by atoms with Crippen molar-refractivity contribution in [1.29, 1.82) is 0 Å². The number of hydrogen-bond acceptors (Lipinski definition) is 3. The third-order valence-corrected chi connectivity index (χ3v) is 1.90. The van der Waals surface area contributed by atoms with E-state index < -0.39 is 12.1 Å². The van der Waals surface area contributed by atoms with Gasteiger partial charge in [-0.2, -0.15) is 0 Å². The van der Waals surface area contributed by atoms with Gasteiger partial charge in [-0.05, 0) is 12.8 Å². The SMILES string of the molecule is COC(=O)[C@H](O)C1C=CCC1. The van der Waals surface area contributed by atoms with Crippen molar-refractivity contribution in [2.24, 2.45) is 5.92 Å². The first-order chi connectivity index (χ1) is 5.25. The lowest BCUT2D eigenvalue weighted by Crippen LogP contribution is -2.28. The molecule has 0 saturated heterocycles. The van der Waals surface area contributed by atoms with Crippen molar-refractivity contribution >= 4 is 5.97 Å². The number of hydrogen-bond donors (Lipinski definition) is 1. The summed E-state index contributed by atoms with van der Waals surface area (Å²) in [6.07, 6.45) is 4.65. The van der Waals surface area contributed by atoms with Gasteiger partial charge >= 0.3 is 5.97 Å². The minimum Gasteiger partial charge on any atom is -0.467 e. The lowest BCUT2D eigenvalue weighted by molar-refractivity contribution is -0.152. The minimum absolute atomic E-state index is 0.0394. The summed E-state index contributed by atoms with van der Waals surface area (Å²) in [4.78, 5) is 10.8. The Labute approximate surface area is 65.7 Å². The van der Waals surface area contributed by atoms with E-state index >= 15 is 0 Å². The van der Waals surface area contributed by atoms with Crippen LogP contribution in [0.3, 0.4) is 0 Å². The van der Waals surface area contributed by atoms with Crippen molar-refractivity contribution < 1.29 is 14.6 Å². The van der Waals surface area contributed by atoms with Crippen molar-refractivity contribution in [3.05, 3.63) is 12.2 Å². The van der Waals surface area contributed by atoms with E-state index in [0.29, 0.717) is 0 Å². The molecule has 1 aliphatic rings. The topological polar surface area (TPSA) is 46.5 Å². The molecule has 0 aromatic carbocycles. The molecule has 62 valence electrons. The fourth-order valence-corrected chi connectivity index (χ4v) is 1.21.